The molecule has 16 heavy (non-hydrogen) atoms. The second kappa shape index (κ2) is 4.30. The first-order chi connectivity index (χ1) is 7.74. The number of para-hydroxylation sites is 2. The average Bonchev–Trinajstić information content (AvgIpc) is 2.77. The molecule has 2 aromatic rings. The molecule has 84 valence electrons. The minimum Gasteiger partial charge on any atom is -0.494 e. The summed E-state index contributed by atoms with van der Waals surface area (Å²) in [6.45, 7) is 4.11. The van der Waals surface area contributed by atoms with Crippen LogP contribution in [0.1, 0.15) is 25.6 Å². The van der Waals surface area contributed by atoms with Gasteiger partial charge < -0.3 is 4.74 Å². The van der Waals surface area contributed by atoms with Gasteiger partial charge >= 0.3 is 0 Å². The molecule has 0 aliphatic heterocycles. The zero-order chi connectivity index (χ0) is 11.5. The molecular formula is C11H14N4O. The van der Waals surface area contributed by atoms with Crippen LogP contribution in [-0.2, 0) is 0 Å². The van der Waals surface area contributed by atoms with E-state index >= 15 is 0 Å². The smallest absolute Gasteiger partial charge is 0.159 e. The lowest BCUT2D eigenvalue weighted by Gasteiger charge is -2.10. The van der Waals surface area contributed by atoms with Crippen LogP contribution in [-0.4, -0.2) is 27.3 Å². The van der Waals surface area contributed by atoms with Crippen molar-refractivity contribution in [2.24, 2.45) is 0 Å². The number of rotatable bonds is 3. The van der Waals surface area contributed by atoms with E-state index in [2.05, 4.69) is 29.4 Å². The number of nitrogens with zero attached hydrogens (tertiary/aromatic N) is 4. The highest BCUT2D eigenvalue weighted by atomic mass is 16.5. The van der Waals surface area contributed by atoms with E-state index in [9.17, 15) is 0 Å². The molecule has 0 radical (unpaired) electrons. The average molecular weight is 218 g/mol. The maximum absolute atomic E-state index is 5.29. The lowest BCUT2D eigenvalue weighted by atomic mass is 10.2. The van der Waals surface area contributed by atoms with Crippen LogP contribution in [0.5, 0.6) is 5.75 Å². The monoisotopic (exact) mass is 218 g/mol. The van der Waals surface area contributed by atoms with E-state index in [1.54, 1.807) is 11.8 Å². The summed E-state index contributed by atoms with van der Waals surface area (Å²) in [6, 6.07) is 7.67. The number of benzene rings is 1. The van der Waals surface area contributed by atoms with Gasteiger partial charge in [-0.1, -0.05) is 26.0 Å². The normalized spacial score (nSPS) is 10.8. The van der Waals surface area contributed by atoms with Gasteiger partial charge in [-0.3, -0.25) is 0 Å². The van der Waals surface area contributed by atoms with Crippen LogP contribution in [0.15, 0.2) is 24.3 Å². The highest BCUT2D eigenvalue weighted by molar-refractivity contribution is 5.46. The molecule has 2 rings (SSSR count). The van der Waals surface area contributed by atoms with E-state index in [4.69, 9.17) is 4.74 Å². The molecule has 0 bridgehead atoms. The minimum atomic E-state index is 0.264. The standard InChI is InChI=1S/C11H14N4O/c1-8(2)11-12-13-14-15(11)9-6-4-5-7-10(9)16-3/h4-8H,1-3H3. The SMILES string of the molecule is COc1ccccc1-n1nnnc1C(C)C. The molecule has 0 fully saturated rings. The second-order valence-corrected chi connectivity index (χ2v) is 3.78. The first-order valence-corrected chi connectivity index (χ1v) is 5.15. The van der Waals surface area contributed by atoms with E-state index in [1.165, 1.54) is 0 Å². The van der Waals surface area contributed by atoms with E-state index in [0.29, 0.717) is 0 Å². The summed E-state index contributed by atoms with van der Waals surface area (Å²) in [7, 11) is 1.64. The summed E-state index contributed by atoms with van der Waals surface area (Å²) >= 11 is 0. The maximum atomic E-state index is 5.29. The number of hydrogen-bond acceptors (Lipinski definition) is 4. The molecule has 1 aromatic carbocycles. The molecule has 0 aliphatic carbocycles. The van der Waals surface area contributed by atoms with Crippen molar-refractivity contribution < 1.29 is 4.74 Å². The van der Waals surface area contributed by atoms with Gasteiger partial charge in [-0.05, 0) is 22.6 Å². The van der Waals surface area contributed by atoms with Crippen molar-refractivity contribution in [3.8, 4) is 11.4 Å². The number of aromatic nitrogens is 4. The second-order valence-electron chi connectivity index (χ2n) is 3.78. The maximum Gasteiger partial charge on any atom is 0.159 e. The summed E-state index contributed by atoms with van der Waals surface area (Å²) in [5.74, 6) is 1.85. The van der Waals surface area contributed by atoms with Crippen molar-refractivity contribution in [1.29, 1.82) is 0 Å². The van der Waals surface area contributed by atoms with Crippen LogP contribution in [0.3, 0.4) is 0 Å². The lowest BCUT2D eigenvalue weighted by Crippen LogP contribution is -2.06. The number of ether oxygens (including phenoxy) is 1. The Bertz CT molecular complexity index is 478. The Balaban J connectivity index is 2.54. The Morgan fingerprint density at radius 1 is 1.25 bits per heavy atom. The lowest BCUT2D eigenvalue weighted by molar-refractivity contribution is 0.410. The molecule has 0 spiro atoms. The molecule has 5 heteroatoms. The molecule has 0 unspecified atom stereocenters. The molecule has 5 nitrogen and oxygen atoms in total. The van der Waals surface area contributed by atoms with Crippen LogP contribution in [0.4, 0.5) is 0 Å². The van der Waals surface area contributed by atoms with Crippen LogP contribution in [0, 0.1) is 0 Å². The predicted molar refractivity (Wildman–Crippen MR) is 59.8 cm³/mol. The third kappa shape index (κ3) is 1.76. The fourth-order valence-corrected chi connectivity index (χ4v) is 1.53. The quantitative estimate of drug-likeness (QED) is 0.788. The zero-order valence-corrected chi connectivity index (χ0v) is 9.58. The third-order valence-electron chi connectivity index (χ3n) is 2.32. The number of hydrogen-bond donors (Lipinski definition) is 0. The molecule has 1 heterocycles. The zero-order valence-electron chi connectivity index (χ0n) is 9.58. The Labute approximate surface area is 94.0 Å². The van der Waals surface area contributed by atoms with E-state index in [-0.39, 0.29) is 5.92 Å². The van der Waals surface area contributed by atoms with E-state index < -0.39 is 0 Å². The molecule has 0 atom stereocenters. The minimum absolute atomic E-state index is 0.264. The Hall–Kier alpha value is -1.91. The van der Waals surface area contributed by atoms with Crippen LogP contribution < -0.4 is 4.74 Å². The van der Waals surface area contributed by atoms with E-state index in [0.717, 1.165) is 17.3 Å². The van der Waals surface area contributed by atoms with Crippen molar-refractivity contribution in [3.05, 3.63) is 30.1 Å². The van der Waals surface area contributed by atoms with Crippen molar-refractivity contribution >= 4 is 0 Å². The number of tetrazole rings is 1. The summed E-state index contributed by atoms with van der Waals surface area (Å²) in [5, 5.41) is 11.7. The molecule has 0 amide bonds. The van der Waals surface area contributed by atoms with Gasteiger partial charge in [-0.15, -0.1) is 5.10 Å². The molecular weight excluding hydrogens is 204 g/mol. The molecule has 0 saturated carbocycles. The largest absolute Gasteiger partial charge is 0.494 e. The van der Waals surface area contributed by atoms with Gasteiger partial charge in [-0.2, -0.15) is 4.68 Å². The van der Waals surface area contributed by atoms with Gasteiger partial charge in [0.2, 0.25) is 0 Å². The van der Waals surface area contributed by atoms with Crippen LogP contribution >= 0.6 is 0 Å². The summed E-state index contributed by atoms with van der Waals surface area (Å²) < 4.78 is 7.00. The molecule has 0 aliphatic rings. The van der Waals surface area contributed by atoms with Gasteiger partial charge in [-0.25, -0.2) is 0 Å². The highest BCUT2D eigenvalue weighted by Gasteiger charge is 2.14. The topological polar surface area (TPSA) is 52.8 Å². The van der Waals surface area contributed by atoms with Gasteiger partial charge in [0.15, 0.2) is 5.82 Å². The predicted octanol–water partition coefficient (Wildman–Crippen LogP) is 1.79. The molecule has 0 N–H and O–H groups in total. The highest BCUT2D eigenvalue weighted by Crippen LogP contribution is 2.23. The third-order valence-corrected chi connectivity index (χ3v) is 2.32. The van der Waals surface area contributed by atoms with Crippen molar-refractivity contribution in [3.63, 3.8) is 0 Å². The summed E-state index contributed by atoms with van der Waals surface area (Å²) in [5.41, 5.74) is 0.860. The van der Waals surface area contributed by atoms with Gasteiger partial charge in [0, 0.05) is 5.92 Å². The van der Waals surface area contributed by atoms with E-state index in [1.807, 2.05) is 24.3 Å². The fraction of sp³-hybridized carbons (Fsp3) is 0.364. The van der Waals surface area contributed by atoms with Gasteiger partial charge in [0.1, 0.15) is 11.4 Å². The van der Waals surface area contributed by atoms with Crippen LogP contribution in [0.2, 0.25) is 0 Å². The van der Waals surface area contributed by atoms with Crippen LogP contribution in [0.25, 0.3) is 5.69 Å². The Morgan fingerprint density at radius 2 is 2.00 bits per heavy atom. The van der Waals surface area contributed by atoms with Crippen molar-refractivity contribution in [2.75, 3.05) is 7.11 Å². The first-order valence-electron chi connectivity index (χ1n) is 5.15. The molecule has 0 saturated heterocycles. The first kappa shape index (κ1) is 10.6. The Kier molecular flexibility index (Phi) is 2.85. The Morgan fingerprint density at radius 3 is 2.69 bits per heavy atom. The fourth-order valence-electron chi connectivity index (χ4n) is 1.53. The van der Waals surface area contributed by atoms with Gasteiger partial charge in [0.05, 0.1) is 7.11 Å². The molecule has 1 aromatic heterocycles. The van der Waals surface area contributed by atoms with Crippen molar-refractivity contribution in [1.82, 2.24) is 20.2 Å². The van der Waals surface area contributed by atoms with Crippen molar-refractivity contribution in [2.45, 2.75) is 19.8 Å². The number of methoxy groups -OCH3 is 1. The summed E-state index contributed by atoms with van der Waals surface area (Å²) in [6.07, 6.45) is 0. The summed E-state index contributed by atoms with van der Waals surface area (Å²) in [4.78, 5) is 0. The van der Waals surface area contributed by atoms with Gasteiger partial charge in [0.25, 0.3) is 0 Å².